The maximum absolute atomic E-state index is 11.6. The second-order valence-electron chi connectivity index (χ2n) is 1.86. The molecule has 0 aliphatic heterocycles. The number of alkyl halides is 8. The van der Waals surface area contributed by atoms with Gasteiger partial charge < -0.3 is 0 Å². The van der Waals surface area contributed by atoms with Gasteiger partial charge >= 0.3 is 71.2 Å². The first-order valence-corrected chi connectivity index (χ1v) is 2.47. The van der Waals surface area contributed by atoms with Gasteiger partial charge in [0, 0.05) is 0 Å². The Morgan fingerprint density at radius 1 is 0.714 bits per heavy atom. The van der Waals surface area contributed by atoms with Crippen LogP contribution in [-0.4, -0.2) is 83.8 Å². The zero-order valence-electron chi connectivity index (χ0n) is 5.18. The number of hydrogen-bond acceptors (Lipinski definition) is 0. The van der Waals surface area contributed by atoms with Crippen LogP contribution >= 0.6 is 0 Å². The van der Waals surface area contributed by atoms with Crippen LogP contribution in [-0.2, 0) is 0 Å². The van der Waals surface area contributed by atoms with E-state index >= 15 is 0 Å². The van der Waals surface area contributed by atoms with Crippen molar-refractivity contribution < 1.29 is 35.1 Å². The van der Waals surface area contributed by atoms with E-state index in [0.717, 1.165) is 0 Å². The molecule has 0 nitrogen and oxygen atoms in total. The zero-order valence-corrected chi connectivity index (χ0v) is 5.18. The maximum atomic E-state index is 11.6. The van der Waals surface area contributed by atoms with E-state index in [1.165, 1.54) is 0 Å². The van der Waals surface area contributed by atoms with Gasteiger partial charge in [-0.2, -0.15) is 22.0 Å². The Morgan fingerprint density at radius 2 is 1.00 bits per heavy atom. The molecule has 78 valence electrons. The summed E-state index contributed by atoms with van der Waals surface area (Å²) in [6.45, 7) is 0. The van der Waals surface area contributed by atoms with Crippen molar-refractivity contribution in [3.05, 3.63) is 0 Å². The number of rotatable bonds is 2. The van der Waals surface area contributed by atoms with Gasteiger partial charge in [0.1, 0.15) is 0 Å². The molecule has 0 rings (SSSR count). The molecule has 0 aromatic rings. The van der Waals surface area contributed by atoms with Crippen molar-refractivity contribution in [3.63, 3.8) is 0 Å². The summed E-state index contributed by atoms with van der Waals surface area (Å²) in [4.78, 5) is 0. The van der Waals surface area contributed by atoms with E-state index in [9.17, 15) is 35.1 Å². The molecule has 1 atom stereocenters. The molecule has 0 radical (unpaired) electrons. The van der Waals surface area contributed by atoms with Crippen LogP contribution in [0.15, 0.2) is 0 Å². The van der Waals surface area contributed by atoms with Crippen molar-refractivity contribution >= 4 is 59.1 Å². The van der Waals surface area contributed by atoms with Gasteiger partial charge in [0.2, 0.25) is 6.17 Å². The van der Waals surface area contributed by atoms with Crippen LogP contribution in [0.4, 0.5) is 35.1 Å². The van der Waals surface area contributed by atoms with E-state index in [1.54, 1.807) is 0 Å². The Balaban J connectivity index is -0.000000605. The Morgan fingerprint density at radius 3 is 1.07 bits per heavy atom. The fraction of sp³-hybridized carbons (Fsp3) is 1.00. The summed E-state index contributed by atoms with van der Waals surface area (Å²) < 4.78 is 90.3. The molecule has 0 N–H and O–H groups in total. The Bertz CT molecular complexity index is 154. The molecule has 1 unspecified atom stereocenters. The zero-order chi connectivity index (χ0) is 10.2. The normalized spacial score (nSPS) is 14.4. The van der Waals surface area contributed by atoms with E-state index in [2.05, 4.69) is 0 Å². The standard InChI is InChI=1S/C4H2F8.2Na.2H/c5-1(2(6)7)3(8,9)4(10,11)12;;;;/h1-2H;;;;. The minimum atomic E-state index is -6.29. The molecule has 0 aliphatic rings. The Hall–Kier alpha value is 1.44. The van der Waals surface area contributed by atoms with Crippen LogP contribution in [0.5, 0.6) is 0 Å². The monoisotopic (exact) mass is 250 g/mol. The molecule has 14 heavy (non-hydrogen) atoms. The first-order chi connectivity index (χ1) is 5.10. The van der Waals surface area contributed by atoms with E-state index in [1.807, 2.05) is 0 Å². The van der Waals surface area contributed by atoms with Gasteiger partial charge in [-0.3, -0.25) is 0 Å². The third kappa shape index (κ3) is 4.98. The first-order valence-electron chi connectivity index (χ1n) is 2.47. The van der Waals surface area contributed by atoms with Crippen molar-refractivity contribution in [2.75, 3.05) is 0 Å². The Labute approximate surface area is 118 Å². The Kier molecular flexibility index (Phi) is 10.3. The fourth-order valence-electron chi connectivity index (χ4n) is 0.315. The van der Waals surface area contributed by atoms with Crippen molar-refractivity contribution in [1.82, 2.24) is 0 Å². The molecule has 0 fully saturated rings. The van der Waals surface area contributed by atoms with E-state index in [-0.39, 0.29) is 59.1 Å². The number of hydrogen-bond donors (Lipinski definition) is 0. The average Bonchev–Trinajstić information content (AvgIpc) is 1.83. The van der Waals surface area contributed by atoms with E-state index in [0.29, 0.717) is 0 Å². The third-order valence-electron chi connectivity index (χ3n) is 0.946. The summed E-state index contributed by atoms with van der Waals surface area (Å²) in [5.41, 5.74) is 0. The van der Waals surface area contributed by atoms with Crippen LogP contribution in [0.25, 0.3) is 0 Å². The van der Waals surface area contributed by atoms with Crippen LogP contribution in [0, 0.1) is 0 Å². The molecule has 0 bridgehead atoms. The summed E-state index contributed by atoms with van der Waals surface area (Å²) in [6.07, 6.45) is -15.2. The molecule has 0 aromatic heterocycles. The van der Waals surface area contributed by atoms with Crippen molar-refractivity contribution in [2.45, 2.75) is 24.7 Å². The summed E-state index contributed by atoms with van der Waals surface area (Å²) in [5.74, 6) is -6.00. The van der Waals surface area contributed by atoms with Crippen molar-refractivity contribution in [2.24, 2.45) is 0 Å². The van der Waals surface area contributed by atoms with Crippen LogP contribution < -0.4 is 0 Å². The second-order valence-corrected chi connectivity index (χ2v) is 1.86. The fourth-order valence-corrected chi connectivity index (χ4v) is 0.315. The molecule has 0 spiro atoms. The van der Waals surface area contributed by atoms with Gasteiger partial charge in [0.25, 0.3) is 6.43 Å². The van der Waals surface area contributed by atoms with Crippen LogP contribution in [0.1, 0.15) is 0 Å². The minimum absolute atomic E-state index is 0. The average molecular weight is 250 g/mol. The molecular formula is C4H4F8Na2. The van der Waals surface area contributed by atoms with Crippen molar-refractivity contribution in [3.8, 4) is 0 Å². The third-order valence-corrected chi connectivity index (χ3v) is 0.946. The van der Waals surface area contributed by atoms with E-state index in [4.69, 9.17) is 0 Å². The number of halogens is 8. The quantitative estimate of drug-likeness (QED) is 0.514. The van der Waals surface area contributed by atoms with Crippen molar-refractivity contribution in [1.29, 1.82) is 0 Å². The second kappa shape index (κ2) is 6.90. The molecule has 0 heterocycles. The van der Waals surface area contributed by atoms with Gasteiger partial charge in [-0.15, -0.1) is 0 Å². The molecule has 0 amide bonds. The molecule has 0 saturated carbocycles. The first kappa shape index (κ1) is 20.8. The molecule has 0 saturated heterocycles. The van der Waals surface area contributed by atoms with Gasteiger partial charge in [0.05, 0.1) is 0 Å². The molecule has 10 heteroatoms. The SMILES string of the molecule is FC(F)C(F)C(F)(F)C(F)(F)F.[NaH].[NaH]. The van der Waals surface area contributed by atoms with Gasteiger partial charge in [0.15, 0.2) is 0 Å². The van der Waals surface area contributed by atoms with Gasteiger partial charge in [-0.1, -0.05) is 0 Å². The van der Waals surface area contributed by atoms with Gasteiger partial charge in [-0.25, -0.2) is 13.2 Å². The van der Waals surface area contributed by atoms with E-state index < -0.39 is 24.7 Å². The molecule has 0 aliphatic carbocycles. The molecular weight excluding hydrogens is 246 g/mol. The van der Waals surface area contributed by atoms with Crippen LogP contribution in [0.2, 0.25) is 0 Å². The topological polar surface area (TPSA) is 0 Å². The summed E-state index contributed by atoms with van der Waals surface area (Å²) in [7, 11) is 0. The summed E-state index contributed by atoms with van der Waals surface area (Å²) in [6, 6.07) is 0. The molecule has 0 aromatic carbocycles. The summed E-state index contributed by atoms with van der Waals surface area (Å²) >= 11 is 0. The predicted octanol–water partition coefficient (Wildman–Crippen LogP) is 1.49. The predicted molar refractivity (Wildman–Crippen MR) is 36.2 cm³/mol. The summed E-state index contributed by atoms with van der Waals surface area (Å²) in [5, 5.41) is 0. The van der Waals surface area contributed by atoms with Gasteiger partial charge in [-0.05, 0) is 0 Å². The van der Waals surface area contributed by atoms with Crippen LogP contribution in [0.3, 0.4) is 0 Å².